The Bertz CT molecular complexity index is 934. The fourth-order valence-corrected chi connectivity index (χ4v) is 3.43. The lowest BCUT2D eigenvalue weighted by Gasteiger charge is -2.33. The summed E-state index contributed by atoms with van der Waals surface area (Å²) in [6.45, 7) is 0.112. The Labute approximate surface area is 144 Å². The van der Waals surface area contributed by atoms with Crippen molar-refractivity contribution in [3.05, 3.63) is 53.3 Å². The summed E-state index contributed by atoms with van der Waals surface area (Å²) in [5.74, 6) is -2.02. The number of carbonyl (C=O) groups is 2. The van der Waals surface area contributed by atoms with Gasteiger partial charge in [-0.2, -0.15) is 0 Å². The Morgan fingerprint density at radius 1 is 1.20 bits per heavy atom. The Balaban J connectivity index is 1.94. The topological polar surface area (TPSA) is 117 Å². The lowest BCUT2D eigenvalue weighted by molar-refractivity contribution is -0.142. The van der Waals surface area contributed by atoms with E-state index >= 15 is 0 Å². The summed E-state index contributed by atoms with van der Waals surface area (Å²) in [5.41, 5.74) is 1.72. The van der Waals surface area contributed by atoms with Crippen LogP contribution in [0.3, 0.4) is 0 Å². The summed E-state index contributed by atoms with van der Waals surface area (Å²) < 4.78 is 30.7. The molecule has 0 saturated carbocycles. The van der Waals surface area contributed by atoms with Crippen LogP contribution in [0.5, 0.6) is 0 Å². The van der Waals surface area contributed by atoms with Crippen molar-refractivity contribution in [2.45, 2.75) is 24.1 Å². The maximum Gasteiger partial charge on any atom is 0.326 e. The molecule has 0 aliphatic carbocycles. The van der Waals surface area contributed by atoms with Crippen LogP contribution in [0.25, 0.3) is 0 Å². The first-order valence-corrected chi connectivity index (χ1v) is 8.95. The van der Waals surface area contributed by atoms with Crippen LogP contribution in [0.1, 0.15) is 21.7 Å². The quantitative estimate of drug-likeness (QED) is 0.830. The third-order valence-corrected chi connectivity index (χ3v) is 5.41. The monoisotopic (exact) mass is 364 g/mol. The lowest BCUT2D eigenvalue weighted by atomic mass is 9.94. The number of benzene rings is 1. The zero-order chi connectivity index (χ0) is 18.2. The molecule has 132 valence electrons. The summed E-state index contributed by atoms with van der Waals surface area (Å²) >= 11 is 0. The molecule has 0 bridgehead atoms. The molecule has 1 aliphatic heterocycles. The van der Waals surface area contributed by atoms with Gasteiger partial charge in [0, 0.05) is 13.0 Å². The normalized spacial score (nSPS) is 17.2. The van der Waals surface area contributed by atoms with Crippen molar-refractivity contribution >= 4 is 21.9 Å². The smallest absolute Gasteiger partial charge is 0.326 e. The minimum atomic E-state index is -3.82. The average Bonchev–Trinajstić information content (AvgIpc) is 3.10. The number of hydrogen-bond acceptors (Lipinski definition) is 5. The lowest BCUT2D eigenvalue weighted by Crippen LogP contribution is -2.48. The minimum absolute atomic E-state index is 0.112. The van der Waals surface area contributed by atoms with E-state index in [2.05, 4.69) is 4.72 Å². The summed E-state index contributed by atoms with van der Waals surface area (Å²) in [6.07, 6.45) is 0.180. The van der Waals surface area contributed by atoms with Gasteiger partial charge >= 0.3 is 5.97 Å². The zero-order valence-electron chi connectivity index (χ0n) is 13.3. The molecule has 2 aromatic rings. The molecule has 0 spiro atoms. The number of carbonyl (C=O) groups excluding carboxylic acids is 1. The van der Waals surface area contributed by atoms with Crippen LogP contribution in [0, 0.1) is 0 Å². The van der Waals surface area contributed by atoms with E-state index in [-0.39, 0.29) is 18.7 Å². The second-order valence-electron chi connectivity index (χ2n) is 5.59. The number of amides is 1. The van der Waals surface area contributed by atoms with Crippen molar-refractivity contribution in [2.75, 3.05) is 7.05 Å². The van der Waals surface area contributed by atoms with Crippen molar-refractivity contribution in [3.63, 3.8) is 0 Å². The fraction of sp³-hybridized carbons (Fsp3) is 0.250. The summed E-state index contributed by atoms with van der Waals surface area (Å²) in [7, 11) is -2.60. The summed E-state index contributed by atoms with van der Waals surface area (Å²) in [4.78, 5) is 25.5. The van der Waals surface area contributed by atoms with E-state index in [1.165, 1.54) is 18.0 Å². The van der Waals surface area contributed by atoms with Gasteiger partial charge in [-0.3, -0.25) is 4.79 Å². The third kappa shape index (κ3) is 3.15. The molecule has 1 aromatic carbocycles. The first-order valence-electron chi connectivity index (χ1n) is 7.47. The largest absolute Gasteiger partial charge is 0.480 e. The maximum absolute atomic E-state index is 12.7. The van der Waals surface area contributed by atoms with Crippen molar-refractivity contribution < 1.29 is 27.5 Å². The Morgan fingerprint density at radius 3 is 2.52 bits per heavy atom. The van der Waals surface area contributed by atoms with Crippen molar-refractivity contribution in [1.82, 2.24) is 9.62 Å². The zero-order valence-corrected chi connectivity index (χ0v) is 14.1. The van der Waals surface area contributed by atoms with E-state index < -0.39 is 33.0 Å². The van der Waals surface area contributed by atoms with Gasteiger partial charge in [0.05, 0.1) is 0 Å². The number of furan rings is 1. The van der Waals surface area contributed by atoms with Gasteiger partial charge < -0.3 is 14.4 Å². The van der Waals surface area contributed by atoms with Crippen LogP contribution in [-0.2, 0) is 27.8 Å². The Morgan fingerprint density at radius 2 is 1.88 bits per heavy atom. The molecule has 2 heterocycles. The van der Waals surface area contributed by atoms with E-state index in [1.807, 2.05) is 24.3 Å². The van der Waals surface area contributed by atoms with Crippen molar-refractivity contribution in [3.8, 4) is 0 Å². The highest BCUT2D eigenvalue weighted by Crippen LogP contribution is 2.26. The van der Waals surface area contributed by atoms with E-state index in [9.17, 15) is 23.1 Å². The number of aliphatic carboxylic acids is 1. The molecule has 0 fully saturated rings. The van der Waals surface area contributed by atoms with Gasteiger partial charge in [-0.15, -0.1) is 0 Å². The predicted molar refractivity (Wildman–Crippen MR) is 86.4 cm³/mol. The standard InChI is InChI=1S/C16H16N2O6S/c1-17-25(22,23)14-7-6-13(24-14)15(19)18-9-11-5-3-2-4-10(11)8-12(18)16(20)21/h2-7,12,17H,8-9H2,1H3,(H,20,21)/t12-/m0/s1. The molecule has 25 heavy (non-hydrogen) atoms. The van der Waals surface area contributed by atoms with Gasteiger partial charge in [-0.05, 0) is 30.3 Å². The van der Waals surface area contributed by atoms with E-state index in [0.29, 0.717) is 0 Å². The van der Waals surface area contributed by atoms with Crippen LogP contribution >= 0.6 is 0 Å². The number of hydrogen-bond donors (Lipinski definition) is 2. The highest BCUT2D eigenvalue weighted by molar-refractivity contribution is 7.89. The first kappa shape index (κ1) is 17.2. The predicted octanol–water partition coefficient (Wildman–Crippen LogP) is 0.839. The van der Waals surface area contributed by atoms with Crippen LogP contribution in [0.15, 0.2) is 45.9 Å². The molecular weight excluding hydrogens is 348 g/mol. The molecule has 1 atom stereocenters. The number of sulfonamides is 1. The molecule has 1 aromatic heterocycles. The van der Waals surface area contributed by atoms with Gasteiger partial charge in [-0.1, -0.05) is 24.3 Å². The molecule has 1 amide bonds. The molecule has 0 radical (unpaired) electrons. The van der Waals surface area contributed by atoms with Gasteiger partial charge in [0.15, 0.2) is 5.76 Å². The van der Waals surface area contributed by atoms with Gasteiger partial charge in [-0.25, -0.2) is 17.9 Å². The minimum Gasteiger partial charge on any atom is -0.480 e. The van der Waals surface area contributed by atoms with Crippen LogP contribution in [0.2, 0.25) is 0 Å². The van der Waals surface area contributed by atoms with Gasteiger partial charge in [0.1, 0.15) is 6.04 Å². The fourth-order valence-electron chi connectivity index (χ4n) is 2.78. The van der Waals surface area contributed by atoms with E-state index in [4.69, 9.17) is 4.42 Å². The number of nitrogens with one attached hydrogen (secondary N) is 1. The highest BCUT2D eigenvalue weighted by Gasteiger charge is 2.36. The van der Waals surface area contributed by atoms with Crippen LogP contribution in [-0.4, -0.2) is 43.4 Å². The first-order chi connectivity index (χ1) is 11.8. The number of rotatable bonds is 4. The number of nitrogens with zero attached hydrogens (tertiary/aromatic N) is 1. The van der Waals surface area contributed by atoms with E-state index in [0.717, 1.165) is 17.2 Å². The number of fused-ring (bicyclic) bond motifs is 1. The van der Waals surface area contributed by atoms with Crippen LogP contribution < -0.4 is 4.72 Å². The molecule has 2 N–H and O–H groups in total. The molecule has 8 nitrogen and oxygen atoms in total. The molecule has 0 unspecified atom stereocenters. The van der Waals surface area contributed by atoms with Crippen molar-refractivity contribution in [1.29, 1.82) is 0 Å². The van der Waals surface area contributed by atoms with Gasteiger partial charge in [0.2, 0.25) is 5.09 Å². The Kier molecular flexibility index (Phi) is 4.36. The second kappa shape index (κ2) is 6.34. The summed E-state index contributed by atoms with van der Waals surface area (Å²) in [5, 5.41) is 9.07. The molecule has 0 saturated heterocycles. The van der Waals surface area contributed by atoms with Crippen molar-refractivity contribution in [2.24, 2.45) is 0 Å². The second-order valence-corrected chi connectivity index (χ2v) is 7.40. The SMILES string of the molecule is CNS(=O)(=O)c1ccc(C(=O)N2Cc3ccccc3C[C@H]2C(=O)O)o1. The van der Waals surface area contributed by atoms with Crippen LogP contribution in [0.4, 0.5) is 0 Å². The molecular formula is C16H16N2O6S. The highest BCUT2D eigenvalue weighted by atomic mass is 32.2. The Hall–Kier alpha value is -2.65. The third-order valence-electron chi connectivity index (χ3n) is 4.12. The number of carboxylic acids is 1. The summed E-state index contributed by atoms with van der Waals surface area (Å²) in [6, 6.07) is 8.63. The van der Waals surface area contributed by atoms with Gasteiger partial charge in [0.25, 0.3) is 15.9 Å². The molecule has 3 rings (SSSR count). The average molecular weight is 364 g/mol. The van der Waals surface area contributed by atoms with E-state index in [1.54, 1.807) is 0 Å². The molecule has 9 heteroatoms. The molecule has 1 aliphatic rings. The maximum atomic E-state index is 12.7. The number of carboxylic acid groups (broad SMARTS) is 1.